The molecule has 1 aliphatic carbocycles. The molecule has 1 fully saturated rings. The minimum absolute atomic E-state index is 0.0364. The highest BCUT2D eigenvalue weighted by atomic mass is 16.1. The van der Waals surface area contributed by atoms with Crippen molar-refractivity contribution in [3.05, 3.63) is 29.3 Å². The summed E-state index contributed by atoms with van der Waals surface area (Å²) < 4.78 is 0. The van der Waals surface area contributed by atoms with E-state index in [1.807, 2.05) is 32.2 Å². The predicted molar refractivity (Wildman–Crippen MR) is 84.2 cm³/mol. The number of nitrogens with one attached hydrogen (secondary N) is 2. The Morgan fingerprint density at radius 1 is 1.30 bits per heavy atom. The van der Waals surface area contributed by atoms with Crippen molar-refractivity contribution in [3.63, 3.8) is 0 Å². The topological polar surface area (TPSA) is 41.1 Å². The van der Waals surface area contributed by atoms with E-state index in [9.17, 15) is 4.79 Å². The normalized spacial score (nSPS) is 21.3. The summed E-state index contributed by atoms with van der Waals surface area (Å²) in [4.78, 5) is 12.5. The summed E-state index contributed by atoms with van der Waals surface area (Å²) in [6.07, 6.45) is 4.75. The number of amides is 1. The number of carbonyl (C=O) groups excluding carboxylic acids is 1. The largest absolute Gasteiger partial charge is 0.387 e. The van der Waals surface area contributed by atoms with Crippen LogP contribution in [0.4, 0.5) is 5.69 Å². The molecule has 1 amide bonds. The van der Waals surface area contributed by atoms with Gasteiger partial charge in [0, 0.05) is 18.8 Å². The van der Waals surface area contributed by atoms with Crippen molar-refractivity contribution in [1.82, 2.24) is 5.32 Å². The molecule has 1 atom stereocenters. The van der Waals surface area contributed by atoms with E-state index >= 15 is 0 Å². The Morgan fingerprint density at radius 2 is 2.05 bits per heavy atom. The molecule has 110 valence electrons. The van der Waals surface area contributed by atoms with Crippen LogP contribution >= 0.6 is 0 Å². The molecule has 2 N–H and O–H groups in total. The lowest BCUT2D eigenvalue weighted by molar-refractivity contribution is 0.0854. The molecule has 0 aliphatic heterocycles. The van der Waals surface area contributed by atoms with Crippen molar-refractivity contribution < 1.29 is 4.79 Å². The van der Waals surface area contributed by atoms with E-state index in [1.165, 1.54) is 19.3 Å². The van der Waals surface area contributed by atoms with Gasteiger partial charge in [-0.05, 0) is 42.9 Å². The van der Waals surface area contributed by atoms with Gasteiger partial charge in [-0.2, -0.15) is 0 Å². The maximum absolute atomic E-state index is 12.5. The Balaban J connectivity index is 2.16. The maximum Gasteiger partial charge on any atom is 0.253 e. The lowest BCUT2D eigenvalue weighted by Crippen LogP contribution is -2.46. The Morgan fingerprint density at radius 3 is 2.70 bits per heavy atom. The van der Waals surface area contributed by atoms with Crippen molar-refractivity contribution in [2.45, 2.75) is 52.5 Å². The van der Waals surface area contributed by atoms with Gasteiger partial charge in [0.25, 0.3) is 5.91 Å². The van der Waals surface area contributed by atoms with Crippen LogP contribution in [0.3, 0.4) is 0 Å². The number of hydrogen-bond acceptors (Lipinski definition) is 2. The predicted octanol–water partition coefficient (Wildman–Crippen LogP) is 3.74. The average molecular weight is 274 g/mol. The first kappa shape index (κ1) is 14.9. The molecule has 1 unspecified atom stereocenters. The summed E-state index contributed by atoms with van der Waals surface area (Å²) in [7, 11) is 1.86. The standard InChI is InChI=1S/C17H26N2O/c1-12-8-9-13(14(11-12)18-4)16(20)19-15-7-5-6-10-17(15,2)3/h8-9,11,15,18H,5-7,10H2,1-4H3,(H,19,20). The van der Waals surface area contributed by atoms with Gasteiger partial charge in [0.1, 0.15) is 0 Å². The third-order valence-electron chi connectivity index (χ3n) is 4.50. The number of benzene rings is 1. The van der Waals surface area contributed by atoms with Gasteiger partial charge in [0.15, 0.2) is 0 Å². The van der Waals surface area contributed by atoms with Gasteiger partial charge in [-0.3, -0.25) is 4.79 Å². The summed E-state index contributed by atoms with van der Waals surface area (Å²) in [5.41, 5.74) is 2.98. The van der Waals surface area contributed by atoms with E-state index in [1.54, 1.807) is 0 Å². The molecule has 0 bridgehead atoms. The summed E-state index contributed by atoms with van der Waals surface area (Å²) in [5.74, 6) is 0.0364. The second-order valence-electron chi connectivity index (χ2n) is 6.56. The summed E-state index contributed by atoms with van der Waals surface area (Å²) in [5, 5.41) is 6.36. The third kappa shape index (κ3) is 3.14. The van der Waals surface area contributed by atoms with Crippen molar-refractivity contribution in [2.75, 3.05) is 12.4 Å². The Labute approximate surface area is 122 Å². The van der Waals surface area contributed by atoms with E-state index in [4.69, 9.17) is 0 Å². The van der Waals surface area contributed by atoms with Gasteiger partial charge in [-0.25, -0.2) is 0 Å². The Bertz CT molecular complexity index is 494. The second kappa shape index (κ2) is 5.86. The molecule has 0 radical (unpaired) electrons. The number of anilines is 1. The zero-order valence-corrected chi connectivity index (χ0v) is 13.0. The van der Waals surface area contributed by atoms with Crippen LogP contribution in [0.5, 0.6) is 0 Å². The molecule has 0 aromatic heterocycles. The first-order chi connectivity index (χ1) is 9.44. The zero-order chi connectivity index (χ0) is 14.8. The fraction of sp³-hybridized carbons (Fsp3) is 0.588. The molecular weight excluding hydrogens is 248 g/mol. The van der Waals surface area contributed by atoms with Crippen LogP contribution in [-0.2, 0) is 0 Å². The van der Waals surface area contributed by atoms with Gasteiger partial charge >= 0.3 is 0 Å². The van der Waals surface area contributed by atoms with E-state index in [0.29, 0.717) is 0 Å². The average Bonchev–Trinajstić information content (AvgIpc) is 2.40. The summed E-state index contributed by atoms with van der Waals surface area (Å²) in [6.45, 7) is 6.54. The van der Waals surface area contributed by atoms with E-state index in [2.05, 4.69) is 24.5 Å². The number of aryl methyl sites for hydroxylation is 1. The number of rotatable bonds is 3. The van der Waals surface area contributed by atoms with Gasteiger partial charge < -0.3 is 10.6 Å². The molecule has 3 heteroatoms. The van der Waals surface area contributed by atoms with Crippen LogP contribution in [0, 0.1) is 12.3 Å². The molecule has 1 aromatic rings. The monoisotopic (exact) mass is 274 g/mol. The summed E-state index contributed by atoms with van der Waals surface area (Å²) >= 11 is 0. The van der Waals surface area contributed by atoms with Crippen LogP contribution in [0.25, 0.3) is 0 Å². The molecule has 1 saturated carbocycles. The first-order valence-electron chi connectivity index (χ1n) is 7.53. The molecule has 0 spiro atoms. The smallest absolute Gasteiger partial charge is 0.253 e. The van der Waals surface area contributed by atoms with E-state index in [0.717, 1.165) is 23.2 Å². The van der Waals surface area contributed by atoms with E-state index in [-0.39, 0.29) is 17.4 Å². The third-order valence-corrected chi connectivity index (χ3v) is 4.50. The molecule has 20 heavy (non-hydrogen) atoms. The fourth-order valence-electron chi connectivity index (χ4n) is 3.06. The zero-order valence-electron chi connectivity index (χ0n) is 13.0. The lowest BCUT2D eigenvalue weighted by Gasteiger charge is -2.39. The second-order valence-corrected chi connectivity index (χ2v) is 6.56. The van der Waals surface area contributed by atoms with Crippen LogP contribution in [0.15, 0.2) is 18.2 Å². The van der Waals surface area contributed by atoms with Gasteiger partial charge in [-0.15, -0.1) is 0 Å². The molecule has 2 rings (SSSR count). The van der Waals surface area contributed by atoms with Crippen molar-refractivity contribution in [1.29, 1.82) is 0 Å². The highest BCUT2D eigenvalue weighted by Gasteiger charge is 2.33. The van der Waals surface area contributed by atoms with Gasteiger partial charge in [0.05, 0.1) is 5.56 Å². The molecular formula is C17H26N2O. The van der Waals surface area contributed by atoms with Crippen LogP contribution < -0.4 is 10.6 Å². The van der Waals surface area contributed by atoms with Crippen molar-refractivity contribution in [3.8, 4) is 0 Å². The Kier molecular flexibility index (Phi) is 4.36. The highest BCUT2D eigenvalue weighted by molar-refractivity contribution is 5.99. The molecule has 0 heterocycles. The highest BCUT2D eigenvalue weighted by Crippen LogP contribution is 2.35. The van der Waals surface area contributed by atoms with Gasteiger partial charge in [0.2, 0.25) is 0 Å². The van der Waals surface area contributed by atoms with Gasteiger partial charge in [-0.1, -0.05) is 32.8 Å². The minimum Gasteiger partial charge on any atom is -0.387 e. The quantitative estimate of drug-likeness (QED) is 0.881. The van der Waals surface area contributed by atoms with Crippen molar-refractivity contribution in [2.24, 2.45) is 5.41 Å². The Hall–Kier alpha value is -1.51. The summed E-state index contributed by atoms with van der Waals surface area (Å²) in [6, 6.07) is 6.18. The molecule has 1 aliphatic rings. The number of hydrogen-bond donors (Lipinski definition) is 2. The van der Waals surface area contributed by atoms with Crippen LogP contribution in [0.2, 0.25) is 0 Å². The minimum atomic E-state index is 0.0364. The fourth-order valence-corrected chi connectivity index (χ4v) is 3.06. The van der Waals surface area contributed by atoms with Crippen LogP contribution in [-0.4, -0.2) is 19.0 Å². The first-order valence-corrected chi connectivity index (χ1v) is 7.53. The van der Waals surface area contributed by atoms with Crippen molar-refractivity contribution >= 4 is 11.6 Å². The SMILES string of the molecule is CNc1cc(C)ccc1C(=O)NC1CCCCC1(C)C. The molecule has 0 saturated heterocycles. The lowest BCUT2D eigenvalue weighted by atomic mass is 9.73. The molecule has 1 aromatic carbocycles. The van der Waals surface area contributed by atoms with E-state index < -0.39 is 0 Å². The molecule has 3 nitrogen and oxygen atoms in total. The maximum atomic E-state index is 12.5. The number of carbonyl (C=O) groups is 1. The van der Waals surface area contributed by atoms with Crippen LogP contribution in [0.1, 0.15) is 55.5 Å².